The second-order valence-electron chi connectivity index (χ2n) is 6.46. The van der Waals surface area contributed by atoms with Crippen molar-refractivity contribution in [3.8, 4) is 11.5 Å². The Bertz CT molecular complexity index is 759. The Labute approximate surface area is 167 Å². The summed E-state index contributed by atoms with van der Waals surface area (Å²) in [7, 11) is 5.36. The number of guanidine groups is 1. The third-order valence-electron chi connectivity index (χ3n) is 4.40. The lowest BCUT2D eigenvalue weighted by atomic mass is 10.2. The minimum atomic E-state index is 0.676. The highest BCUT2D eigenvalue weighted by atomic mass is 16.5. The number of aromatic nitrogens is 3. The van der Waals surface area contributed by atoms with Crippen molar-refractivity contribution in [2.24, 2.45) is 4.99 Å². The summed E-state index contributed by atoms with van der Waals surface area (Å²) in [5.41, 5.74) is 1.07. The fourth-order valence-electron chi connectivity index (χ4n) is 2.87. The van der Waals surface area contributed by atoms with E-state index in [0.29, 0.717) is 6.54 Å². The van der Waals surface area contributed by atoms with Gasteiger partial charge in [-0.25, -0.2) is 0 Å². The number of aryl methyl sites for hydroxylation is 1. The predicted octanol–water partition coefficient (Wildman–Crippen LogP) is 2.35. The van der Waals surface area contributed by atoms with E-state index in [2.05, 4.69) is 38.8 Å². The van der Waals surface area contributed by atoms with Gasteiger partial charge in [-0.2, -0.15) is 0 Å². The first kappa shape index (κ1) is 21.5. The number of hydrogen-bond donors (Lipinski definition) is 1. The van der Waals surface area contributed by atoms with Crippen LogP contribution < -0.4 is 14.8 Å². The van der Waals surface area contributed by atoms with Gasteiger partial charge in [0, 0.05) is 51.3 Å². The van der Waals surface area contributed by atoms with Crippen LogP contribution in [0.3, 0.4) is 0 Å². The quantitative estimate of drug-likeness (QED) is 0.497. The Hall–Kier alpha value is -2.77. The monoisotopic (exact) mass is 388 g/mol. The molecule has 8 nitrogen and oxygen atoms in total. The molecule has 8 heteroatoms. The molecule has 0 atom stereocenters. The second-order valence-corrected chi connectivity index (χ2v) is 6.46. The third kappa shape index (κ3) is 5.87. The molecule has 1 N–H and O–H groups in total. The van der Waals surface area contributed by atoms with Crippen molar-refractivity contribution in [2.75, 3.05) is 34.4 Å². The SMILES string of the molecule is CCCN=C(NCCn1cnnc1CC)N(C)Cc1ccc(OC)cc1OC. The van der Waals surface area contributed by atoms with Crippen LogP contribution in [-0.4, -0.2) is 60.0 Å². The fraction of sp³-hybridized carbons (Fsp3) is 0.550. The minimum absolute atomic E-state index is 0.676. The van der Waals surface area contributed by atoms with Crippen LogP contribution in [0.2, 0.25) is 0 Å². The van der Waals surface area contributed by atoms with Crippen LogP contribution in [0.15, 0.2) is 29.5 Å². The van der Waals surface area contributed by atoms with Crippen LogP contribution in [0, 0.1) is 0 Å². The molecular formula is C20H32N6O2. The summed E-state index contributed by atoms with van der Waals surface area (Å²) >= 11 is 0. The largest absolute Gasteiger partial charge is 0.497 e. The number of nitrogens with one attached hydrogen (secondary N) is 1. The molecule has 0 bridgehead atoms. The van der Waals surface area contributed by atoms with Gasteiger partial charge in [0.1, 0.15) is 23.7 Å². The van der Waals surface area contributed by atoms with E-state index in [0.717, 1.165) is 61.3 Å². The smallest absolute Gasteiger partial charge is 0.194 e. The maximum atomic E-state index is 5.52. The lowest BCUT2D eigenvalue weighted by molar-refractivity contribution is 0.382. The van der Waals surface area contributed by atoms with Crippen LogP contribution in [0.4, 0.5) is 0 Å². The molecule has 0 fully saturated rings. The van der Waals surface area contributed by atoms with Crippen molar-refractivity contribution >= 4 is 5.96 Å². The summed E-state index contributed by atoms with van der Waals surface area (Å²) in [6, 6.07) is 5.87. The molecule has 1 aromatic carbocycles. The summed E-state index contributed by atoms with van der Waals surface area (Å²) in [6.45, 7) is 7.20. The van der Waals surface area contributed by atoms with E-state index in [9.17, 15) is 0 Å². The molecule has 0 radical (unpaired) electrons. The Morgan fingerprint density at radius 3 is 2.75 bits per heavy atom. The number of rotatable bonds is 10. The molecule has 154 valence electrons. The average Bonchev–Trinajstić information content (AvgIpc) is 3.18. The number of methoxy groups -OCH3 is 2. The van der Waals surface area contributed by atoms with Crippen LogP contribution in [-0.2, 0) is 19.5 Å². The zero-order chi connectivity index (χ0) is 20.4. The third-order valence-corrected chi connectivity index (χ3v) is 4.40. The molecular weight excluding hydrogens is 356 g/mol. The van der Waals surface area contributed by atoms with Gasteiger partial charge in [-0.1, -0.05) is 13.8 Å². The zero-order valence-electron chi connectivity index (χ0n) is 17.6. The highest BCUT2D eigenvalue weighted by molar-refractivity contribution is 5.79. The molecule has 0 spiro atoms. The minimum Gasteiger partial charge on any atom is -0.497 e. The van der Waals surface area contributed by atoms with Crippen molar-refractivity contribution in [2.45, 2.75) is 39.8 Å². The molecule has 0 aliphatic rings. The molecule has 1 aromatic heterocycles. The fourth-order valence-corrected chi connectivity index (χ4v) is 2.87. The van der Waals surface area contributed by atoms with Gasteiger partial charge in [0.2, 0.25) is 0 Å². The Morgan fingerprint density at radius 2 is 2.07 bits per heavy atom. The van der Waals surface area contributed by atoms with E-state index in [1.54, 1.807) is 20.5 Å². The number of hydrogen-bond acceptors (Lipinski definition) is 5. The summed E-state index contributed by atoms with van der Waals surface area (Å²) in [5, 5.41) is 11.6. The summed E-state index contributed by atoms with van der Waals surface area (Å²) in [6.07, 6.45) is 3.64. The van der Waals surface area contributed by atoms with Gasteiger partial charge in [0.05, 0.1) is 14.2 Å². The molecule has 0 saturated heterocycles. The van der Waals surface area contributed by atoms with Crippen molar-refractivity contribution in [3.63, 3.8) is 0 Å². The predicted molar refractivity (Wildman–Crippen MR) is 111 cm³/mol. The van der Waals surface area contributed by atoms with Gasteiger partial charge in [-0.05, 0) is 18.6 Å². The van der Waals surface area contributed by atoms with E-state index in [1.807, 2.05) is 25.2 Å². The maximum absolute atomic E-state index is 5.52. The Kier molecular flexibility index (Phi) is 8.58. The van der Waals surface area contributed by atoms with Crippen LogP contribution in [0.25, 0.3) is 0 Å². The van der Waals surface area contributed by atoms with Gasteiger partial charge in [-0.3, -0.25) is 4.99 Å². The number of ether oxygens (including phenoxy) is 2. The van der Waals surface area contributed by atoms with Gasteiger partial charge in [0.25, 0.3) is 0 Å². The van der Waals surface area contributed by atoms with E-state index < -0.39 is 0 Å². The lowest BCUT2D eigenvalue weighted by Crippen LogP contribution is -2.40. The highest BCUT2D eigenvalue weighted by Crippen LogP contribution is 2.25. The highest BCUT2D eigenvalue weighted by Gasteiger charge is 2.12. The standard InChI is InChI=1S/C20H32N6O2/c1-6-10-21-20(22-11-12-26-15-23-24-19(26)7-2)25(3)14-16-8-9-17(27-4)13-18(16)28-5/h8-9,13,15H,6-7,10-12,14H2,1-5H3,(H,21,22). The normalized spacial score (nSPS) is 11.4. The van der Waals surface area contributed by atoms with Gasteiger partial charge in [0.15, 0.2) is 5.96 Å². The molecule has 0 amide bonds. The first-order valence-electron chi connectivity index (χ1n) is 9.69. The zero-order valence-corrected chi connectivity index (χ0v) is 17.6. The average molecular weight is 389 g/mol. The Morgan fingerprint density at radius 1 is 1.25 bits per heavy atom. The first-order chi connectivity index (χ1) is 13.6. The van der Waals surface area contributed by atoms with Crippen LogP contribution in [0.5, 0.6) is 11.5 Å². The van der Waals surface area contributed by atoms with Crippen LogP contribution >= 0.6 is 0 Å². The number of benzene rings is 1. The molecule has 2 aromatic rings. The van der Waals surface area contributed by atoms with Crippen molar-refractivity contribution in [1.29, 1.82) is 0 Å². The van der Waals surface area contributed by atoms with Crippen molar-refractivity contribution in [3.05, 3.63) is 35.9 Å². The van der Waals surface area contributed by atoms with Gasteiger partial charge >= 0.3 is 0 Å². The van der Waals surface area contributed by atoms with Gasteiger partial charge in [-0.15, -0.1) is 10.2 Å². The lowest BCUT2D eigenvalue weighted by Gasteiger charge is -2.24. The topological polar surface area (TPSA) is 76.8 Å². The molecule has 0 saturated carbocycles. The van der Waals surface area contributed by atoms with E-state index in [-0.39, 0.29) is 0 Å². The molecule has 0 unspecified atom stereocenters. The summed E-state index contributed by atoms with van der Waals surface area (Å²) in [4.78, 5) is 6.82. The number of aliphatic imine (C=N–C) groups is 1. The summed E-state index contributed by atoms with van der Waals surface area (Å²) < 4.78 is 12.9. The van der Waals surface area contributed by atoms with Crippen molar-refractivity contribution in [1.82, 2.24) is 25.0 Å². The van der Waals surface area contributed by atoms with E-state index in [1.165, 1.54) is 0 Å². The Balaban J connectivity index is 2.03. The van der Waals surface area contributed by atoms with Gasteiger partial charge < -0.3 is 24.3 Å². The second kappa shape index (κ2) is 11.2. The van der Waals surface area contributed by atoms with Crippen LogP contribution in [0.1, 0.15) is 31.7 Å². The molecule has 1 heterocycles. The maximum Gasteiger partial charge on any atom is 0.194 e. The van der Waals surface area contributed by atoms with E-state index in [4.69, 9.17) is 14.5 Å². The molecule has 2 rings (SSSR count). The van der Waals surface area contributed by atoms with E-state index >= 15 is 0 Å². The van der Waals surface area contributed by atoms with Crippen molar-refractivity contribution < 1.29 is 9.47 Å². The first-order valence-corrected chi connectivity index (χ1v) is 9.69. The summed E-state index contributed by atoms with van der Waals surface area (Å²) in [5.74, 6) is 3.44. The molecule has 28 heavy (non-hydrogen) atoms. The molecule has 0 aliphatic carbocycles. The number of nitrogens with zero attached hydrogens (tertiary/aromatic N) is 5. The molecule has 0 aliphatic heterocycles.